The van der Waals surface area contributed by atoms with Gasteiger partial charge in [-0.3, -0.25) is 0 Å². The molecule has 0 N–H and O–H groups in total. The third-order valence-corrected chi connectivity index (χ3v) is 11.0. The molecule has 9 rings (SSSR count). The van der Waals surface area contributed by atoms with Crippen molar-refractivity contribution in [3.05, 3.63) is 252 Å². The summed E-state index contributed by atoms with van der Waals surface area (Å²) in [4.78, 5) is 10.1. The predicted molar refractivity (Wildman–Crippen MR) is 234 cm³/mol. The molecule has 8 aromatic rings. The van der Waals surface area contributed by atoms with Gasteiger partial charge in [-0.2, -0.15) is 0 Å². The summed E-state index contributed by atoms with van der Waals surface area (Å²) < 4.78 is 0. The van der Waals surface area contributed by atoms with Crippen molar-refractivity contribution >= 4 is 11.1 Å². The van der Waals surface area contributed by atoms with Crippen LogP contribution in [0.2, 0.25) is 0 Å². The van der Waals surface area contributed by atoms with Crippen molar-refractivity contribution in [2.75, 3.05) is 0 Å². The molecule has 0 fully saturated rings. The molecule has 0 saturated carbocycles. The molecular weight excluding hydrogens is 677 g/mol. The molecule has 0 spiro atoms. The Hall–Kier alpha value is -7.16. The van der Waals surface area contributed by atoms with Gasteiger partial charge in [-0.1, -0.05) is 201 Å². The van der Waals surface area contributed by atoms with Crippen LogP contribution in [0.15, 0.2) is 224 Å². The molecule has 0 atom stereocenters. The second-order valence-electron chi connectivity index (χ2n) is 14.2. The maximum absolute atomic E-state index is 5.07. The first-order valence-corrected chi connectivity index (χ1v) is 19.1. The number of hydrogen-bond acceptors (Lipinski definition) is 2. The van der Waals surface area contributed by atoms with Crippen molar-refractivity contribution < 1.29 is 0 Å². The quantitative estimate of drug-likeness (QED) is 0.139. The van der Waals surface area contributed by atoms with Crippen LogP contribution in [0.25, 0.3) is 56.2 Å². The highest BCUT2D eigenvalue weighted by Crippen LogP contribution is 2.55. The summed E-state index contributed by atoms with van der Waals surface area (Å²) in [5.41, 5.74) is 16.4. The summed E-state index contributed by atoms with van der Waals surface area (Å²) in [7, 11) is 0. The Morgan fingerprint density at radius 1 is 0.482 bits per heavy atom. The van der Waals surface area contributed by atoms with E-state index < -0.39 is 5.41 Å². The molecule has 0 bridgehead atoms. The zero-order valence-corrected chi connectivity index (χ0v) is 31.3. The lowest BCUT2D eigenvalue weighted by molar-refractivity contribution is 0.761. The Labute approximate surface area is 329 Å². The number of hydrogen-bond donors (Lipinski definition) is 0. The van der Waals surface area contributed by atoms with Gasteiger partial charge in [-0.15, -0.1) is 0 Å². The molecule has 0 radical (unpaired) electrons. The van der Waals surface area contributed by atoms with Crippen molar-refractivity contribution in [1.82, 2.24) is 9.97 Å². The van der Waals surface area contributed by atoms with E-state index in [0.717, 1.165) is 50.3 Å². The lowest BCUT2D eigenvalue weighted by atomic mass is 9.66. The molecule has 0 aliphatic heterocycles. The maximum atomic E-state index is 5.07. The van der Waals surface area contributed by atoms with E-state index in [2.05, 4.69) is 183 Å². The highest BCUT2D eigenvalue weighted by atomic mass is 14.9. The SMILES string of the molecule is C=C/C(=C\C1=C(C)c2ccccc2C1(c1ccccc1)c1ccccc1)c1ccc(-c2cccc(-c3nc(-c4ccccc4)cc(-c4ccccc4)n3)c2)cc1. The molecule has 0 unspecified atom stereocenters. The molecular formula is C54H40N2. The molecule has 1 heterocycles. The van der Waals surface area contributed by atoms with Crippen LogP contribution in [0.3, 0.4) is 0 Å². The van der Waals surface area contributed by atoms with E-state index in [-0.39, 0.29) is 0 Å². The normalized spacial score (nSPS) is 13.3. The third kappa shape index (κ3) is 6.22. The van der Waals surface area contributed by atoms with Crippen LogP contribution in [-0.2, 0) is 5.41 Å². The van der Waals surface area contributed by atoms with Crippen LogP contribution in [0, 0.1) is 0 Å². The lowest BCUT2D eigenvalue weighted by Crippen LogP contribution is -2.29. The van der Waals surface area contributed by atoms with Crippen LogP contribution >= 0.6 is 0 Å². The summed E-state index contributed by atoms with van der Waals surface area (Å²) in [6.45, 7) is 6.59. The second kappa shape index (κ2) is 14.9. The van der Waals surface area contributed by atoms with Crippen molar-refractivity contribution in [3.63, 3.8) is 0 Å². The highest BCUT2D eigenvalue weighted by Gasteiger charge is 2.45. The Balaban J connectivity index is 1.10. The van der Waals surface area contributed by atoms with Crippen LogP contribution in [-0.4, -0.2) is 9.97 Å². The van der Waals surface area contributed by atoms with Crippen LogP contribution in [0.5, 0.6) is 0 Å². The summed E-state index contributed by atoms with van der Waals surface area (Å²) in [5.74, 6) is 0.696. The molecule has 0 amide bonds. The summed E-state index contributed by atoms with van der Waals surface area (Å²) in [5, 5.41) is 0. The highest BCUT2D eigenvalue weighted by molar-refractivity contribution is 5.90. The Bertz CT molecular complexity index is 2630. The van der Waals surface area contributed by atoms with Crippen LogP contribution in [0.1, 0.15) is 34.7 Å². The van der Waals surface area contributed by atoms with Gasteiger partial charge >= 0.3 is 0 Å². The fraction of sp³-hybridized carbons (Fsp3) is 0.0370. The Kier molecular flexibility index (Phi) is 9.23. The monoisotopic (exact) mass is 716 g/mol. The summed E-state index contributed by atoms with van der Waals surface area (Å²) in [6, 6.07) is 70.7. The van der Waals surface area contributed by atoms with Gasteiger partial charge in [-0.25, -0.2) is 9.97 Å². The van der Waals surface area contributed by atoms with Gasteiger partial charge in [0.2, 0.25) is 0 Å². The molecule has 56 heavy (non-hydrogen) atoms. The molecule has 7 aromatic carbocycles. The number of rotatable bonds is 9. The van der Waals surface area contributed by atoms with Crippen molar-refractivity contribution in [2.24, 2.45) is 0 Å². The number of allylic oxidation sites excluding steroid dienone is 5. The van der Waals surface area contributed by atoms with Crippen LogP contribution in [0.4, 0.5) is 0 Å². The predicted octanol–water partition coefficient (Wildman–Crippen LogP) is 13.5. The first-order valence-electron chi connectivity index (χ1n) is 19.1. The first kappa shape index (κ1) is 34.6. The van der Waals surface area contributed by atoms with Gasteiger partial charge in [0.05, 0.1) is 16.8 Å². The minimum absolute atomic E-state index is 0.474. The van der Waals surface area contributed by atoms with Crippen molar-refractivity contribution in [3.8, 4) is 45.0 Å². The van der Waals surface area contributed by atoms with Crippen molar-refractivity contribution in [1.29, 1.82) is 0 Å². The summed E-state index contributed by atoms with van der Waals surface area (Å²) >= 11 is 0. The standard InChI is InChI=1S/C54H40N2/c1-3-39(36-50-38(2)48-29-16-17-30-49(48)54(50,46-25-12-6-13-26-46)47-27-14-7-15-28-47)40-31-33-41(34-32-40)44-23-18-24-45(35-44)53-55-51(42-19-8-4-9-20-42)37-52(56-53)43-21-10-5-11-22-43/h3-37H,1H2,2H3/b39-36+. The topological polar surface area (TPSA) is 25.8 Å². The first-order chi connectivity index (χ1) is 27.6. The molecule has 1 aliphatic carbocycles. The largest absolute Gasteiger partial charge is 0.228 e. The fourth-order valence-corrected chi connectivity index (χ4v) is 8.29. The summed E-state index contributed by atoms with van der Waals surface area (Å²) in [6.07, 6.45) is 4.35. The van der Waals surface area contributed by atoms with E-state index in [0.29, 0.717) is 5.82 Å². The fourth-order valence-electron chi connectivity index (χ4n) is 8.29. The lowest BCUT2D eigenvalue weighted by Gasteiger charge is -2.35. The number of aromatic nitrogens is 2. The average molecular weight is 717 g/mol. The Morgan fingerprint density at radius 3 is 1.55 bits per heavy atom. The minimum atomic E-state index is -0.474. The maximum Gasteiger partial charge on any atom is 0.160 e. The van der Waals surface area contributed by atoms with Crippen LogP contribution < -0.4 is 0 Å². The third-order valence-electron chi connectivity index (χ3n) is 11.0. The van der Waals surface area contributed by atoms with Gasteiger partial charge in [0, 0.05) is 16.7 Å². The molecule has 1 aromatic heterocycles. The van der Waals surface area contributed by atoms with E-state index in [1.54, 1.807) is 0 Å². The van der Waals surface area contributed by atoms with E-state index in [9.17, 15) is 0 Å². The molecule has 2 heteroatoms. The van der Waals surface area contributed by atoms with Gasteiger partial charge in [-0.05, 0) is 80.8 Å². The van der Waals surface area contributed by atoms with E-state index in [1.165, 1.54) is 33.4 Å². The number of fused-ring (bicyclic) bond motifs is 1. The average Bonchev–Trinajstić information content (AvgIpc) is 3.54. The second-order valence-corrected chi connectivity index (χ2v) is 14.2. The van der Waals surface area contributed by atoms with E-state index in [1.807, 2.05) is 42.5 Å². The molecule has 1 aliphatic rings. The van der Waals surface area contributed by atoms with E-state index >= 15 is 0 Å². The number of nitrogens with zero attached hydrogens (tertiary/aromatic N) is 2. The Morgan fingerprint density at radius 2 is 0.982 bits per heavy atom. The molecule has 2 nitrogen and oxygen atoms in total. The number of benzene rings is 7. The zero-order chi connectivity index (χ0) is 37.9. The smallest absolute Gasteiger partial charge is 0.160 e. The van der Waals surface area contributed by atoms with Gasteiger partial charge in [0.25, 0.3) is 0 Å². The van der Waals surface area contributed by atoms with Gasteiger partial charge < -0.3 is 0 Å². The molecule has 266 valence electrons. The minimum Gasteiger partial charge on any atom is -0.228 e. The van der Waals surface area contributed by atoms with Gasteiger partial charge in [0.15, 0.2) is 5.82 Å². The van der Waals surface area contributed by atoms with E-state index in [4.69, 9.17) is 9.97 Å². The van der Waals surface area contributed by atoms with Gasteiger partial charge in [0.1, 0.15) is 0 Å². The zero-order valence-electron chi connectivity index (χ0n) is 31.3. The van der Waals surface area contributed by atoms with Crippen molar-refractivity contribution in [2.45, 2.75) is 12.3 Å². The molecule has 0 saturated heterocycles.